The lowest BCUT2D eigenvalue weighted by Crippen LogP contribution is -2.10. The van der Waals surface area contributed by atoms with E-state index in [1.54, 1.807) is 11.8 Å². The fourth-order valence-corrected chi connectivity index (χ4v) is 1.84. The van der Waals surface area contributed by atoms with Crippen molar-refractivity contribution in [3.63, 3.8) is 0 Å². The molecule has 0 spiro atoms. The summed E-state index contributed by atoms with van der Waals surface area (Å²) in [7, 11) is 0. The molecule has 1 aromatic carbocycles. The highest BCUT2D eigenvalue weighted by molar-refractivity contribution is 7.99. The molecule has 0 fully saturated rings. The largest absolute Gasteiger partial charge is 0.391 e. The van der Waals surface area contributed by atoms with Gasteiger partial charge in [0, 0.05) is 16.5 Å². The Hall–Kier alpha value is -0.180. The van der Waals surface area contributed by atoms with Crippen molar-refractivity contribution in [3.05, 3.63) is 30.3 Å². The second kappa shape index (κ2) is 5.46. The molecule has 1 aromatic rings. The molecule has 0 saturated carbocycles. The first-order valence-electron chi connectivity index (χ1n) is 3.75. The molecule has 0 amide bonds. The lowest BCUT2D eigenvalue weighted by molar-refractivity contribution is 0.223. The molecule has 1 nitrogen and oxygen atoms in total. The Balaban J connectivity index is 2.33. The molecule has 0 bridgehead atoms. The minimum absolute atomic E-state index is 0.305. The number of alkyl halides is 1. The summed E-state index contributed by atoms with van der Waals surface area (Å²) < 4.78 is 0. The fourth-order valence-electron chi connectivity index (χ4n) is 0.754. The van der Waals surface area contributed by atoms with Crippen LogP contribution < -0.4 is 0 Å². The van der Waals surface area contributed by atoms with Crippen molar-refractivity contribution >= 4 is 23.4 Å². The van der Waals surface area contributed by atoms with E-state index in [0.717, 1.165) is 0 Å². The second-order valence-corrected chi connectivity index (χ2v) is 3.83. The van der Waals surface area contributed by atoms with Crippen molar-refractivity contribution in [2.24, 2.45) is 0 Å². The Bertz CT molecular complexity index is 215. The van der Waals surface area contributed by atoms with Crippen LogP contribution >= 0.6 is 23.4 Å². The van der Waals surface area contributed by atoms with Gasteiger partial charge in [0.2, 0.25) is 0 Å². The van der Waals surface area contributed by atoms with Gasteiger partial charge in [-0.25, -0.2) is 0 Å². The first-order chi connectivity index (χ1) is 5.83. The molecule has 0 saturated heterocycles. The van der Waals surface area contributed by atoms with E-state index in [1.165, 1.54) is 4.90 Å². The molecule has 3 heteroatoms. The van der Waals surface area contributed by atoms with Gasteiger partial charge < -0.3 is 5.11 Å². The van der Waals surface area contributed by atoms with E-state index in [0.29, 0.717) is 11.6 Å². The zero-order valence-electron chi connectivity index (χ0n) is 6.61. The number of hydrogen-bond donors (Lipinski definition) is 1. The van der Waals surface area contributed by atoms with Crippen molar-refractivity contribution < 1.29 is 5.11 Å². The van der Waals surface area contributed by atoms with E-state index in [2.05, 4.69) is 0 Å². The van der Waals surface area contributed by atoms with Crippen LogP contribution in [0.4, 0.5) is 0 Å². The predicted octanol–water partition coefficient (Wildman–Crippen LogP) is 2.38. The first kappa shape index (κ1) is 9.90. The van der Waals surface area contributed by atoms with Crippen molar-refractivity contribution in [2.75, 3.05) is 11.6 Å². The van der Waals surface area contributed by atoms with Gasteiger partial charge in [-0.15, -0.1) is 23.4 Å². The maximum Gasteiger partial charge on any atom is 0.0769 e. The predicted molar refractivity (Wildman–Crippen MR) is 53.9 cm³/mol. The van der Waals surface area contributed by atoms with Gasteiger partial charge in [-0.3, -0.25) is 0 Å². The number of aliphatic hydroxyl groups is 1. The normalized spacial score (nSPS) is 12.8. The van der Waals surface area contributed by atoms with E-state index in [9.17, 15) is 0 Å². The highest BCUT2D eigenvalue weighted by Crippen LogP contribution is 2.17. The number of rotatable bonds is 4. The third-order valence-corrected chi connectivity index (χ3v) is 2.88. The average Bonchev–Trinajstić information content (AvgIpc) is 2.16. The Morgan fingerprint density at radius 1 is 1.33 bits per heavy atom. The maximum atomic E-state index is 9.17. The standard InChI is InChI=1S/C9H11ClOS/c10-6-8(11)7-12-9-4-2-1-3-5-9/h1-5,8,11H,6-7H2/t8-/m1/s1. The van der Waals surface area contributed by atoms with E-state index in [-0.39, 0.29) is 0 Å². The van der Waals surface area contributed by atoms with Crippen molar-refractivity contribution in [2.45, 2.75) is 11.0 Å². The monoisotopic (exact) mass is 202 g/mol. The number of hydrogen-bond acceptors (Lipinski definition) is 2. The molecule has 0 aliphatic carbocycles. The minimum atomic E-state index is -0.406. The van der Waals surface area contributed by atoms with Crippen molar-refractivity contribution in [1.82, 2.24) is 0 Å². The number of aliphatic hydroxyl groups excluding tert-OH is 1. The zero-order chi connectivity index (χ0) is 8.81. The summed E-state index contributed by atoms with van der Waals surface area (Å²) in [6.45, 7) is 0. The first-order valence-corrected chi connectivity index (χ1v) is 5.27. The van der Waals surface area contributed by atoms with E-state index in [4.69, 9.17) is 16.7 Å². The third kappa shape index (κ3) is 3.48. The molecular formula is C9H11ClOS. The summed E-state index contributed by atoms with van der Waals surface area (Å²) in [4.78, 5) is 1.17. The molecular weight excluding hydrogens is 192 g/mol. The molecule has 1 N–H and O–H groups in total. The number of thioether (sulfide) groups is 1. The van der Waals surface area contributed by atoms with E-state index >= 15 is 0 Å². The molecule has 0 heterocycles. The van der Waals surface area contributed by atoms with Gasteiger partial charge >= 0.3 is 0 Å². The molecule has 0 unspecified atom stereocenters. The summed E-state index contributed by atoms with van der Waals surface area (Å²) in [5.74, 6) is 0.966. The third-order valence-electron chi connectivity index (χ3n) is 1.36. The highest BCUT2D eigenvalue weighted by atomic mass is 35.5. The van der Waals surface area contributed by atoms with Crippen LogP contribution in [0.5, 0.6) is 0 Å². The van der Waals surface area contributed by atoms with Gasteiger partial charge in [-0.2, -0.15) is 0 Å². The summed E-state index contributed by atoms with van der Waals surface area (Å²) in [6, 6.07) is 9.98. The quantitative estimate of drug-likeness (QED) is 0.598. The van der Waals surface area contributed by atoms with Gasteiger partial charge in [-0.05, 0) is 12.1 Å². The minimum Gasteiger partial charge on any atom is -0.391 e. The van der Waals surface area contributed by atoms with Gasteiger partial charge in [-0.1, -0.05) is 18.2 Å². The fraction of sp³-hybridized carbons (Fsp3) is 0.333. The Kier molecular flexibility index (Phi) is 4.51. The van der Waals surface area contributed by atoms with Crippen LogP contribution in [0.2, 0.25) is 0 Å². The van der Waals surface area contributed by atoms with Crippen molar-refractivity contribution in [3.8, 4) is 0 Å². The Morgan fingerprint density at radius 2 is 2.00 bits per heavy atom. The molecule has 66 valence electrons. The van der Waals surface area contributed by atoms with Crippen LogP contribution in [0.15, 0.2) is 35.2 Å². The number of halogens is 1. The molecule has 12 heavy (non-hydrogen) atoms. The second-order valence-electron chi connectivity index (χ2n) is 2.43. The maximum absolute atomic E-state index is 9.17. The zero-order valence-corrected chi connectivity index (χ0v) is 8.18. The summed E-state index contributed by atoms with van der Waals surface area (Å²) in [6.07, 6.45) is -0.406. The van der Waals surface area contributed by atoms with Crippen LogP contribution in [0.3, 0.4) is 0 Å². The molecule has 1 atom stereocenters. The van der Waals surface area contributed by atoms with Gasteiger partial charge in [0.25, 0.3) is 0 Å². The van der Waals surface area contributed by atoms with E-state index in [1.807, 2.05) is 30.3 Å². The van der Waals surface area contributed by atoms with Crippen LogP contribution in [-0.4, -0.2) is 22.8 Å². The lowest BCUT2D eigenvalue weighted by atomic mass is 10.4. The Morgan fingerprint density at radius 3 is 2.58 bits per heavy atom. The van der Waals surface area contributed by atoms with Crippen LogP contribution in [0.1, 0.15) is 0 Å². The highest BCUT2D eigenvalue weighted by Gasteiger charge is 2.01. The van der Waals surface area contributed by atoms with Crippen molar-refractivity contribution in [1.29, 1.82) is 0 Å². The topological polar surface area (TPSA) is 20.2 Å². The summed E-state index contributed by atoms with van der Waals surface area (Å²) in [5, 5.41) is 9.17. The van der Waals surface area contributed by atoms with Crippen LogP contribution in [0, 0.1) is 0 Å². The van der Waals surface area contributed by atoms with E-state index < -0.39 is 6.10 Å². The van der Waals surface area contributed by atoms with Gasteiger partial charge in [0.1, 0.15) is 0 Å². The summed E-state index contributed by atoms with van der Waals surface area (Å²) in [5.41, 5.74) is 0. The number of benzene rings is 1. The smallest absolute Gasteiger partial charge is 0.0769 e. The molecule has 0 aromatic heterocycles. The van der Waals surface area contributed by atoms with Gasteiger partial charge in [0.15, 0.2) is 0 Å². The molecule has 1 rings (SSSR count). The molecule has 0 aliphatic rings. The Labute approximate surface area is 81.7 Å². The van der Waals surface area contributed by atoms with Gasteiger partial charge in [0.05, 0.1) is 6.10 Å². The molecule has 0 aliphatic heterocycles. The van der Waals surface area contributed by atoms with Crippen LogP contribution in [-0.2, 0) is 0 Å². The van der Waals surface area contributed by atoms with Crippen LogP contribution in [0.25, 0.3) is 0 Å². The molecule has 0 radical (unpaired) electrons. The summed E-state index contributed by atoms with van der Waals surface area (Å²) >= 11 is 7.07. The lowest BCUT2D eigenvalue weighted by Gasteiger charge is -2.05. The SMILES string of the molecule is O[C@H](CCl)CSc1ccccc1. The average molecular weight is 203 g/mol.